The molecule has 2 aromatic rings. The zero-order chi connectivity index (χ0) is 22.9. The van der Waals surface area contributed by atoms with E-state index in [9.17, 15) is 9.59 Å². The van der Waals surface area contributed by atoms with Crippen molar-refractivity contribution in [1.29, 1.82) is 0 Å². The number of nitrogens with one attached hydrogen (secondary N) is 1. The Morgan fingerprint density at radius 3 is 2.12 bits per heavy atom. The molecule has 0 spiro atoms. The zero-order valence-corrected chi connectivity index (χ0v) is 18.8. The number of likely N-dealkylation sites (tertiary alicyclic amines) is 1. The van der Waals surface area contributed by atoms with E-state index in [0.717, 1.165) is 38.8 Å². The minimum atomic E-state index is -0.338. The number of amides is 2. The van der Waals surface area contributed by atoms with Crippen LogP contribution in [0.3, 0.4) is 0 Å². The molecule has 1 heterocycles. The molecule has 3 rings (SSSR count). The Hall–Kier alpha value is -3.48. The van der Waals surface area contributed by atoms with E-state index in [1.165, 1.54) is 27.4 Å². The highest BCUT2D eigenvalue weighted by molar-refractivity contribution is 6.07. The van der Waals surface area contributed by atoms with Crippen LogP contribution in [0.15, 0.2) is 42.5 Å². The highest BCUT2D eigenvalue weighted by atomic mass is 16.5. The van der Waals surface area contributed by atoms with E-state index in [2.05, 4.69) is 5.32 Å². The summed E-state index contributed by atoms with van der Waals surface area (Å²) in [7, 11) is 4.61. The number of ether oxygens (including phenoxy) is 3. The molecule has 7 heteroatoms. The van der Waals surface area contributed by atoms with Crippen molar-refractivity contribution >= 4 is 23.6 Å². The van der Waals surface area contributed by atoms with Gasteiger partial charge in [0.05, 0.1) is 32.6 Å². The first-order valence-corrected chi connectivity index (χ1v) is 10.7. The molecule has 1 aliphatic heterocycles. The van der Waals surface area contributed by atoms with Crippen molar-refractivity contribution in [3.63, 3.8) is 0 Å². The summed E-state index contributed by atoms with van der Waals surface area (Å²) in [5.74, 6) is 1.10. The summed E-state index contributed by atoms with van der Waals surface area (Å²) >= 11 is 0. The van der Waals surface area contributed by atoms with Crippen molar-refractivity contribution in [2.45, 2.75) is 25.7 Å². The van der Waals surface area contributed by atoms with Crippen molar-refractivity contribution in [2.24, 2.45) is 0 Å². The average Bonchev–Trinajstić information content (AvgIpc) is 3.11. The van der Waals surface area contributed by atoms with E-state index < -0.39 is 0 Å². The second-order valence-corrected chi connectivity index (χ2v) is 7.53. The Balaban J connectivity index is 1.76. The molecule has 0 aliphatic carbocycles. The molecule has 0 unspecified atom stereocenters. The minimum absolute atomic E-state index is 0.0450. The fourth-order valence-corrected chi connectivity index (χ4v) is 3.77. The van der Waals surface area contributed by atoms with Gasteiger partial charge in [-0.25, -0.2) is 0 Å². The van der Waals surface area contributed by atoms with Crippen LogP contribution in [0.25, 0.3) is 6.08 Å². The van der Waals surface area contributed by atoms with Crippen molar-refractivity contribution in [3.05, 3.63) is 53.6 Å². The number of methoxy groups -OCH3 is 3. The minimum Gasteiger partial charge on any atom is -0.493 e. The summed E-state index contributed by atoms with van der Waals surface area (Å²) in [4.78, 5) is 27.5. The summed E-state index contributed by atoms with van der Waals surface area (Å²) in [5.41, 5.74) is 1.72. The normalized spacial score (nSPS) is 14.0. The molecule has 0 saturated carbocycles. The molecule has 1 N–H and O–H groups in total. The van der Waals surface area contributed by atoms with Crippen LogP contribution in [0.5, 0.6) is 17.2 Å². The average molecular weight is 439 g/mol. The van der Waals surface area contributed by atoms with Gasteiger partial charge >= 0.3 is 0 Å². The molecular formula is C25H30N2O5. The van der Waals surface area contributed by atoms with Crippen LogP contribution in [-0.2, 0) is 4.79 Å². The fraction of sp³-hybridized carbons (Fsp3) is 0.360. The third-order valence-corrected chi connectivity index (χ3v) is 5.42. The van der Waals surface area contributed by atoms with Crippen molar-refractivity contribution in [3.8, 4) is 17.2 Å². The van der Waals surface area contributed by atoms with Crippen LogP contribution in [0.2, 0.25) is 0 Å². The van der Waals surface area contributed by atoms with Crippen LogP contribution in [-0.4, -0.2) is 51.1 Å². The van der Waals surface area contributed by atoms with Gasteiger partial charge < -0.3 is 24.4 Å². The maximum absolute atomic E-state index is 13.1. The Bertz CT molecular complexity index is 953. The largest absolute Gasteiger partial charge is 0.493 e. The molecule has 1 saturated heterocycles. The van der Waals surface area contributed by atoms with E-state index >= 15 is 0 Å². The quantitative estimate of drug-likeness (QED) is 0.649. The maximum Gasteiger partial charge on any atom is 0.255 e. The molecule has 2 aromatic carbocycles. The summed E-state index contributed by atoms with van der Waals surface area (Å²) in [5, 5.41) is 2.84. The molecule has 1 fully saturated rings. The Morgan fingerprint density at radius 1 is 0.906 bits per heavy atom. The number of carbonyl (C=O) groups excluding carboxylic acids is 2. The number of para-hydroxylation sites is 1. The second kappa shape index (κ2) is 11.2. The maximum atomic E-state index is 13.1. The molecule has 1 aliphatic rings. The standard InChI is InChI=1S/C25H30N2O5/c1-30-21-16-18(17-22(31-2)24(21)32-3)12-13-23(28)26-20-11-7-6-10-19(20)25(29)27-14-8-4-5-9-15-27/h6-7,10-13,16-17H,4-5,8-9,14-15H2,1-3H3,(H,26,28)/b13-12+. The molecule has 32 heavy (non-hydrogen) atoms. The van der Waals surface area contributed by atoms with E-state index in [0.29, 0.717) is 34.1 Å². The van der Waals surface area contributed by atoms with E-state index in [4.69, 9.17) is 14.2 Å². The summed E-state index contributed by atoms with van der Waals surface area (Å²) in [6, 6.07) is 10.6. The Kier molecular flexibility index (Phi) is 8.14. The topological polar surface area (TPSA) is 77.1 Å². The van der Waals surface area contributed by atoms with E-state index in [1.807, 2.05) is 11.0 Å². The molecule has 0 atom stereocenters. The molecule has 0 bridgehead atoms. The summed E-state index contributed by atoms with van der Waals surface area (Å²) < 4.78 is 16.0. The third-order valence-electron chi connectivity index (χ3n) is 5.42. The van der Waals surface area contributed by atoms with Gasteiger partial charge in [-0.3, -0.25) is 9.59 Å². The van der Waals surface area contributed by atoms with Gasteiger partial charge in [-0.15, -0.1) is 0 Å². The lowest BCUT2D eigenvalue weighted by atomic mass is 10.1. The number of carbonyl (C=O) groups is 2. The number of rotatable bonds is 7. The highest BCUT2D eigenvalue weighted by Crippen LogP contribution is 2.38. The number of nitrogens with zero attached hydrogens (tertiary/aromatic N) is 1. The highest BCUT2D eigenvalue weighted by Gasteiger charge is 2.20. The fourth-order valence-electron chi connectivity index (χ4n) is 3.77. The lowest BCUT2D eigenvalue weighted by Crippen LogP contribution is -2.32. The first-order chi connectivity index (χ1) is 15.6. The lowest BCUT2D eigenvalue weighted by Gasteiger charge is -2.21. The monoisotopic (exact) mass is 438 g/mol. The van der Waals surface area contributed by atoms with Gasteiger partial charge in [-0.05, 0) is 48.7 Å². The van der Waals surface area contributed by atoms with Crippen molar-refractivity contribution < 1.29 is 23.8 Å². The van der Waals surface area contributed by atoms with Crippen LogP contribution >= 0.6 is 0 Å². The van der Waals surface area contributed by atoms with Crippen LogP contribution in [0, 0.1) is 0 Å². The van der Waals surface area contributed by atoms with Gasteiger partial charge in [0.1, 0.15) is 0 Å². The SMILES string of the molecule is COc1cc(/C=C/C(=O)Nc2ccccc2C(=O)N2CCCCCC2)cc(OC)c1OC. The number of anilines is 1. The van der Waals surface area contributed by atoms with Gasteiger partial charge in [-0.1, -0.05) is 25.0 Å². The van der Waals surface area contributed by atoms with Gasteiger partial charge in [0, 0.05) is 19.2 Å². The summed E-state index contributed by atoms with van der Waals surface area (Å²) in [6.45, 7) is 1.50. The Morgan fingerprint density at radius 2 is 1.53 bits per heavy atom. The molecular weight excluding hydrogens is 408 g/mol. The smallest absolute Gasteiger partial charge is 0.255 e. The van der Waals surface area contributed by atoms with Crippen molar-refractivity contribution in [1.82, 2.24) is 4.90 Å². The van der Waals surface area contributed by atoms with Crippen LogP contribution in [0.1, 0.15) is 41.6 Å². The first-order valence-electron chi connectivity index (χ1n) is 10.7. The molecule has 170 valence electrons. The van der Waals surface area contributed by atoms with Crippen LogP contribution in [0.4, 0.5) is 5.69 Å². The third kappa shape index (κ3) is 5.60. The molecule has 0 radical (unpaired) electrons. The Labute approximate surface area is 189 Å². The van der Waals surface area contributed by atoms with Gasteiger partial charge in [0.2, 0.25) is 11.7 Å². The predicted molar refractivity (Wildman–Crippen MR) is 125 cm³/mol. The van der Waals surface area contributed by atoms with E-state index in [1.54, 1.807) is 36.4 Å². The molecule has 7 nitrogen and oxygen atoms in total. The number of hydrogen-bond donors (Lipinski definition) is 1. The number of benzene rings is 2. The second-order valence-electron chi connectivity index (χ2n) is 7.53. The zero-order valence-electron chi connectivity index (χ0n) is 18.8. The predicted octanol–water partition coefficient (Wildman–Crippen LogP) is 4.38. The molecule has 2 amide bonds. The number of hydrogen-bond acceptors (Lipinski definition) is 5. The molecule has 0 aromatic heterocycles. The van der Waals surface area contributed by atoms with Crippen LogP contribution < -0.4 is 19.5 Å². The van der Waals surface area contributed by atoms with Gasteiger partial charge in [-0.2, -0.15) is 0 Å². The summed E-state index contributed by atoms with van der Waals surface area (Å²) in [6.07, 6.45) is 7.38. The van der Waals surface area contributed by atoms with E-state index in [-0.39, 0.29) is 11.8 Å². The lowest BCUT2D eigenvalue weighted by molar-refractivity contribution is -0.111. The van der Waals surface area contributed by atoms with Crippen molar-refractivity contribution in [2.75, 3.05) is 39.7 Å². The van der Waals surface area contributed by atoms with Gasteiger partial charge in [0.15, 0.2) is 11.5 Å². The first kappa shape index (κ1) is 23.2. The van der Waals surface area contributed by atoms with Gasteiger partial charge in [0.25, 0.3) is 5.91 Å².